The van der Waals surface area contributed by atoms with E-state index in [2.05, 4.69) is 42.5 Å². The Balaban J connectivity index is 1.44. The zero-order valence-corrected chi connectivity index (χ0v) is 18.4. The average Bonchev–Trinajstić information content (AvgIpc) is 2.89. The molecule has 0 N–H and O–H groups in total. The van der Waals surface area contributed by atoms with E-state index in [4.69, 9.17) is 12.3 Å². The van der Waals surface area contributed by atoms with Gasteiger partial charge < -0.3 is 4.42 Å². The monoisotopic (exact) mass is 434 g/mol. The molecule has 0 aliphatic heterocycles. The molecule has 158 valence electrons. The summed E-state index contributed by atoms with van der Waals surface area (Å²) >= 11 is 0. The molecule has 1 heterocycles. The first-order valence-corrected chi connectivity index (χ1v) is 11.2. The fourth-order valence-corrected chi connectivity index (χ4v) is 4.51. The lowest BCUT2D eigenvalue weighted by atomic mass is 9.88. The number of hydrogen-bond donors (Lipinski definition) is 0. The second kappa shape index (κ2) is 8.20. The number of para-hydroxylation sites is 2. The molecule has 0 spiro atoms. The molecule has 0 amide bonds. The predicted octanol–water partition coefficient (Wildman–Crippen LogP) is 6.74. The maximum atomic E-state index is 13.0. The Kier molecular flexibility index (Phi) is 4.89. The van der Waals surface area contributed by atoms with Crippen LogP contribution in [0.3, 0.4) is 0 Å². The van der Waals surface area contributed by atoms with Crippen molar-refractivity contribution in [1.29, 1.82) is 0 Å². The van der Waals surface area contributed by atoms with Gasteiger partial charge >= 0.3 is 0 Å². The smallest absolute Gasteiger partial charge is 0.200 e. The largest absolute Gasteiger partial charge is 0.455 e. The van der Waals surface area contributed by atoms with Crippen LogP contribution in [0.4, 0.5) is 0 Å². The Labute approximate surface area is 198 Å². The van der Waals surface area contributed by atoms with Gasteiger partial charge in [0, 0.05) is 5.56 Å². The highest BCUT2D eigenvalue weighted by Crippen LogP contribution is 2.32. The predicted molar refractivity (Wildman–Crippen MR) is 142 cm³/mol. The van der Waals surface area contributed by atoms with E-state index >= 15 is 0 Å². The molecule has 0 aliphatic rings. The molecule has 0 unspecified atom stereocenters. The van der Waals surface area contributed by atoms with Gasteiger partial charge in [-0.15, -0.1) is 0 Å². The van der Waals surface area contributed by atoms with Gasteiger partial charge in [0.05, 0.1) is 10.8 Å². The maximum absolute atomic E-state index is 13.0. The van der Waals surface area contributed by atoms with Crippen molar-refractivity contribution in [3.63, 3.8) is 0 Å². The minimum Gasteiger partial charge on any atom is -0.455 e. The molecule has 2 nitrogen and oxygen atoms in total. The van der Waals surface area contributed by atoms with Crippen LogP contribution in [0, 0.1) is 0 Å². The third-order valence-electron chi connectivity index (χ3n) is 6.20. The molecule has 34 heavy (non-hydrogen) atoms. The fourth-order valence-electron chi connectivity index (χ4n) is 4.51. The maximum Gasteiger partial charge on any atom is 0.200 e. The lowest BCUT2D eigenvalue weighted by Crippen LogP contribution is -2.03. The Hall–Kier alpha value is -4.37. The first-order chi connectivity index (χ1) is 16.7. The van der Waals surface area contributed by atoms with E-state index in [1.165, 1.54) is 0 Å². The van der Waals surface area contributed by atoms with Crippen molar-refractivity contribution in [2.24, 2.45) is 0 Å². The van der Waals surface area contributed by atoms with E-state index in [1.807, 2.05) is 66.7 Å². The van der Waals surface area contributed by atoms with Crippen molar-refractivity contribution in [3.8, 4) is 33.4 Å². The van der Waals surface area contributed by atoms with E-state index in [1.54, 1.807) is 6.07 Å². The zero-order chi connectivity index (χ0) is 23.1. The van der Waals surface area contributed by atoms with Gasteiger partial charge in [0.15, 0.2) is 0 Å². The summed E-state index contributed by atoms with van der Waals surface area (Å²) in [4.78, 5) is 13.0. The molecule has 6 aromatic rings. The summed E-state index contributed by atoms with van der Waals surface area (Å²) in [6, 6.07) is 37.7. The highest BCUT2D eigenvalue weighted by molar-refractivity contribution is 6.33. The molecule has 1 aromatic heterocycles. The van der Waals surface area contributed by atoms with Gasteiger partial charge in [-0.3, -0.25) is 4.79 Å². The Morgan fingerprint density at radius 1 is 0.529 bits per heavy atom. The lowest BCUT2D eigenvalue weighted by Gasteiger charge is -2.11. The van der Waals surface area contributed by atoms with Crippen molar-refractivity contribution in [2.75, 3.05) is 0 Å². The Morgan fingerprint density at radius 2 is 1.15 bits per heavy atom. The van der Waals surface area contributed by atoms with Gasteiger partial charge in [0.1, 0.15) is 19.0 Å². The molecule has 3 heteroatoms. The molecule has 6 rings (SSSR count). The van der Waals surface area contributed by atoms with E-state index in [-0.39, 0.29) is 5.43 Å². The summed E-state index contributed by atoms with van der Waals surface area (Å²) in [5.41, 5.74) is 8.14. The molecule has 0 aliphatic carbocycles. The molecular formula is C31H19BO2. The molecule has 0 saturated heterocycles. The molecule has 0 bridgehead atoms. The molecule has 0 fully saturated rings. The van der Waals surface area contributed by atoms with Crippen LogP contribution in [-0.2, 0) is 0 Å². The fraction of sp³-hybridized carbons (Fsp3) is 0. The third kappa shape index (κ3) is 3.52. The molecule has 0 saturated carbocycles. The average molecular weight is 434 g/mol. The lowest BCUT2D eigenvalue weighted by molar-refractivity contribution is 0.661. The summed E-state index contributed by atoms with van der Waals surface area (Å²) in [7, 11) is 6.23. The topological polar surface area (TPSA) is 30.2 Å². The Bertz CT molecular complexity index is 1720. The minimum atomic E-state index is -0.0106. The van der Waals surface area contributed by atoms with Crippen molar-refractivity contribution in [1.82, 2.24) is 0 Å². The van der Waals surface area contributed by atoms with Crippen molar-refractivity contribution < 1.29 is 4.42 Å². The van der Waals surface area contributed by atoms with Gasteiger partial charge in [0.25, 0.3) is 0 Å². The second-order valence-electron chi connectivity index (χ2n) is 8.40. The number of fused-ring (bicyclic) bond motifs is 2. The zero-order valence-electron chi connectivity index (χ0n) is 18.4. The third-order valence-corrected chi connectivity index (χ3v) is 6.20. The quantitative estimate of drug-likeness (QED) is 0.228. The molecule has 0 atom stereocenters. The summed E-state index contributed by atoms with van der Waals surface area (Å²) in [5, 5.41) is 1.18. The van der Waals surface area contributed by atoms with E-state index in [0.29, 0.717) is 21.9 Å². The number of rotatable bonds is 3. The van der Waals surface area contributed by atoms with Gasteiger partial charge in [-0.05, 0) is 52.1 Å². The highest BCUT2D eigenvalue weighted by Gasteiger charge is 2.12. The normalized spacial score (nSPS) is 11.2. The van der Waals surface area contributed by atoms with Crippen LogP contribution in [0.2, 0.25) is 0 Å². The Morgan fingerprint density at radius 3 is 1.91 bits per heavy atom. The van der Waals surface area contributed by atoms with Crippen LogP contribution in [0.5, 0.6) is 0 Å². The number of hydrogen-bond acceptors (Lipinski definition) is 2. The van der Waals surface area contributed by atoms with Crippen LogP contribution in [0.25, 0.3) is 55.3 Å². The standard InChI is InChI=1S/C31H19BO2/c32-25-18-23(20-7-2-1-3-8-20)17-24(19-25)21-13-15-22(16-14-21)26-10-6-11-28-30(33)27-9-4-5-12-29(27)34-31(26)28/h1-19H. The summed E-state index contributed by atoms with van der Waals surface area (Å²) in [6.07, 6.45) is 0. The van der Waals surface area contributed by atoms with Gasteiger partial charge in [0.2, 0.25) is 5.43 Å². The van der Waals surface area contributed by atoms with Crippen LogP contribution in [0.1, 0.15) is 0 Å². The minimum absolute atomic E-state index is 0.0106. The van der Waals surface area contributed by atoms with Crippen LogP contribution in [0.15, 0.2) is 124 Å². The highest BCUT2D eigenvalue weighted by atomic mass is 16.3. The summed E-state index contributed by atoms with van der Waals surface area (Å²) in [6.45, 7) is 0. The second-order valence-corrected chi connectivity index (χ2v) is 8.40. The first kappa shape index (κ1) is 20.3. The summed E-state index contributed by atoms with van der Waals surface area (Å²) in [5.74, 6) is 0. The van der Waals surface area contributed by atoms with Crippen molar-refractivity contribution in [3.05, 3.63) is 125 Å². The van der Waals surface area contributed by atoms with Crippen LogP contribution >= 0.6 is 0 Å². The van der Waals surface area contributed by atoms with Crippen molar-refractivity contribution in [2.45, 2.75) is 0 Å². The molecule has 2 radical (unpaired) electrons. The molecular weight excluding hydrogens is 415 g/mol. The van der Waals surface area contributed by atoms with Crippen LogP contribution in [-0.4, -0.2) is 7.85 Å². The summed E-state index contributed by atoms with van der Waals surface area (Å²) < 4.78 is 6.19. The van der Waals surface area contributed by atoms with Crippen LogP contribution < -0.4 is 10.9 Å². The van der Waals surface area contributed by atoms with E-state index in [0.717, 1.165) is 38.8 Å². The van der Waals surface area contributed by atoms with E-state index < -0.39 is 0 Å². The van der Waals surface area contributed by atoms with Crippen molar-refractivity contribution >= 4 is 35.2 Å². The van der Waals surface area contributed by atoms with Gasteiger partial charge in [-0.2, -0.15) is 0 Å². The van der Waals surface area contributed by atoms with E-state index in [9.17, 15) is 4.79 Å². The SMILES string of the molecule is [B]c1cc(-c2ccccc2)cc(-c2ccc(-c3cccc4c(=O)c5ccccc5oc34)cc2)c1. The van der Waals surface area contributed by atoms with Gasteiger partial charge in [-0.1, -0.05) is 96.5 Å². The molecule has 5 aromatic carbocycles. The number of benzene rings is 5. The van der Waals surface area contributed by atoms with Gasteiger partial charge in [-0.25, -0.2) is 0 Å². The first-order valence-electron chi connectivity index (χ1n) is 11.2.